The van der Waals surface area contributed by atoms with E-state index in [1.54, 1.807) is 24.4 Å². The number of carboxylic acid groups (broad SMARTS) is 1. The third-order valence-corrected chi connectivity index (χ3v) is 2.37. The van der Waals surface area contributed by atoms with E-state index in [0.29, 0.717) is 12.1 Å². The van der Waals surface area contributed by atoms with Gasteiger partial charge in [0.15, 0.2) is 0 Å². The summed E-state index contributed by atoms with van der Waals surface area (Å²) in [6.45, 7) is 3.79. The first-order valence-electron chi connectivity index (χ1n) is 6.05. The van der Waals surface area contributed by atoms with Gasteiger partial charge in [0.05, 0.1) is 5.69 Å². The molecule has 20 heavy (non-hydrogen) atoms. The summed E-state index contributed by atoms with van der Waals surface area (Å²) in [6.07, 6.45) is 1.20. The fraction of sp³-hybridized carbons (Fsp3) is 0.462. The Morgan fingerprint density at radius 1 is 1.40 bits per heavy atom. The predicted molar refractivity (Wildman–Crippen MR) is 75.6 cm³/mol. The molecule has 1 heterocycles. The van der Waals surface area contributed by atoms with Gasteiger partial charge in [-0.15, -0.1) is 0 Å². The van der Waals surface area contributed by atoms with Gasteiger partial charge in [-0.25, -0.2) is 9.59 Å². The molecule has 1 aromatic rings. The van der Waals surface area contributed by atoms with Crippen LogP contribution in [-0.2, 0) is 16.1 Å². The van der Waals surface area contributed by atoms with Gasteiger partial charge in [0.25, 0.3) is 0 Å². The second kappa shape index (κ2) is 9.40. The molecule has 0 unspecified atom stereocenters. The Balaban J connectivity index is 0.00000361. The third-order valence-electron chi connectivity index (χ3n) is 2.37. The molecule has 0 aromatic carbocycles. The van der Waals surface area contributed by atoms with Gasteiger partial charge >= 0.3 is 30.9 Å². The normalized spacial score (nSPS) is 11.3. The Morgan fingerprint density at radius 2 is 2.10 bits per heavy atom. The van der Waals surface area contributed by atoms with Crippen LogP contribution in [-0.4, -0.2) is 47.1 Å². The van der Waals surface area contributed by atoms with Gasteiger partial charge in [0.1, 0.15) is 12.6 Å². The van der Waals surface area contributed by atoms with Crippen molar-refractivity contribution in [3.8, 4) is 0 Å². The number of nitrogens with zero attached hydrogens (tertiary/aromatic N) is 1. The summed E-state index contributed by atoms with van der Waals surface area (Å²) in [4.78, 5) is 26.4. The molecule has 6 nitrogen and oxygen atoms in total. The molecule has 7 heteroatoms. The predicted octanol–water partition coefficient (Wildman–Crippen LogP) is 1.16. The standard InChI is InChI=1S/C13H18N2O4.Li.H/c1-9(2)7-11(12(16)17)15-13(18)19-8-10-5-3-4-6-14-10;;/h3-6,9,11H,7-8H2,1-2H3,(H,15,18)(H,16,17);;/t11-;;/m0../s1. The number of ether oxygens (including phenoxy) is 1. The van der Waals surface area contributed by atoms with E-state index in [1.165, 1.54) is 0 Å². The van der Waals surface area contributed by atoms with E-state index in [2.05, 4.69) is 10.3 Å². The van der Waals surface area contributed by atoms with Gasteiger partial charge in [0.2, 0.25) is 0 Å². The van der Waals surface area contributed by atoms with E-state index < -0.39 is 18.1 Å². The molecule has 0 saturated carbocycles. The maximum absolute atomic E-state index is 11.5. The van der Waals surface area contributed by atoms with Crippen molar-refractivity contribution in [2.45, 2.75) is 32.9 Å². The second-order valence-electron chi connectivity index (χ2n) is 4.56. The number of alkyl carbamates (subject to hydrolysis) is 1. The van der Waals surface area contributed by atoms with E-state index in [1.807, 2.05) is 13.8 Å². The zero-order chi connectivity index (χ0) is 14.3. The quantitative estimate of drug-likeness (QED) is 0.760. The molecule has 0 aliphatic rings. The Bertz CT molecular complexity index is 426. The molecule has 0 saturated heterocycles. The van der Waals surface area contributed by atoms with Crippen LogP contribution in [0.15, 0.2) is 24.4 Å². The summed E-state index contributed by atoms with van der Waals surface area (Å²) < 4.78 is 4.91. The molecule has 0 bridgehead atoms. The zero-order valence-electron chi connectivity index (χ0n) is 11.0. The van der Waals surface area contributed by atoms with Crippen molar-refractivity contribution in [1.29, 1.82) is 0 Å². The van der Waals surface area contributed by atoms with Crippen molar-refractivity contribution < 1.29 is 19.4 Å². The Labute approximate surface area is 130 Å². The molecule has 1 atom stereocenters. The number of rotatable bonds is 6. The molecule has 0 aliphatic carbocycles. The summed E-state index contributed by atoms with van der Waals surface area (Å²) in [5.41, 5.74) is 0.605. The van der Waals surface area contributed by atoms with E-state index >= 15 is 0 Å². The van der Waals surface area contributed by atoms with E-state index in [-0.39, 0.29) is 31.4 Å². The van der Waals surface area contributed by atoms with Gasteiger partial charge in [-0.2, -0.15) is 0 Å². The first kappa shape index (κ1) is 18.5. The van der Waals surface area contributed by atoms with Gasteiger partial charge < -0.3 is 15.2 Å². The molecule has 106 valence electrons. The van der Waals surface area contributed by atoms with Crippen LogP contribution in [0.25, 0.3) is 0 Å². The van der Waals surface area contributed by atoms with Crippen LogP contribution in [0.2, 0.25) is 0 Å². The Kier molecular flexibility index (Phi) is 8.69. The molecule has 1 rings (SSSR count). The molecule has 0 aliphatic heterocycles. The monoisotopic (exact) mass is 274 g/mol. The average molecular weight is 274 g/mol. The van der Waals surface area contributed by atoms with Crippen LogP contribution < -0.4 is 5.32 Å². The number of amides is 1. The minimum absolute atomic E-state index is 0. The van der Waals surface area contributed by atoms with Crippen LogP contribution in [0.1, 0.15) is 26.0 Å². The van der Waals surface area contributed by atoms with Crippen LogP contribution in [0.4, 0.5) is 4.79 Å². The van der Waals surface area contributed by atoms with Gasteiger partial charge in [0, 0.05) is 6.20 Å². The summed E-state index contributed by atoms with van der Waals surface area (Å²) in [7, 11) is 0. The van der Waals surface area contributed by atoms with Crippen LogP contribution >= 0.6 is 0 Å². The van der Waals surface area contributed by atoms with Crippen molar-refractivity contribution in [2.24, 2.45) is 5.92 Å². The molecule has 1 amide bonds. The van der Waals surface area contributed by atoms with E-state index in [4.69, 9.17) is 9.84 Å². The van der Waals surface area contributed by atoms with Crippen molar-refractivity contribution in [2.75, 3.05) is 0 Å². The fourth-order valence-corrected chi connectivity index (χ4v) is 1.50. The molecule has 0 spiro atoms. The molecular weight excluding hydrogens is 255 g/mol. The van der Waals surface area contributed by atoms with Crippen LogP contribution in [0, 0.1) is 5.92 Å². The molecule has 0 fully saturated rings. The second-order valence-corrected chi connectivity index (χ2v) is 4.56. The molecule has 1 aromatic heterocycles. The summed E-state index contributed by atoms with van der Waals surface area (Å²) >= 11 is 0. The number of hydrogen-bond acceptors (Lipinski definition) is 4. The number of nitrogens with one attached hydrogen (secondary N) is 1. The van der Waals surface area contributed by atoms with Gasteiger partial charge in [-0.3, -0.25) is 4.98 Å². The minimum atomic E-state index is -1.07. The molecule has 2 N–H and O–H groups in total. The number of pyridine rings is 1. The molecule has 0 radical (unpaired) electrons. The first-order chi connectivity index (χ1) is 8.99. The van der Waals surface area contributed by atoms with Crippen molar-refractivity contribution in [3.63, 3.8) is 0 Å². The summed E-state index contributed by atoms with van der Waals surface area (Å²) in [5.74, 6) is -0.902. The van der Waals surface area contributed by atoms with Gasteiger partial charge in [-0.05, 0) is 24.5 Å². The zero-order valence-corrected chi connectivity index (χ0v) is 11.0. The van der Waals surface area contributed by atoms with Crippen LogP contribution in [0.5, 0.6) is 0 Å². The first-order valence-corrected chi connectivity index (χ1v) is 6.05. The summed E-state index contributed by atoms with van der Waals surface area (Å²) in [5, 5.41) is 11.3. The fourth-order valence-electron chi connectivity index (χ4n) is 1.50. The Morgan fingerprint density at radius 3 is 2.60 bits per heavy atom. The number of aliphatic carboxylic acids is 1. The molecular formula is C13H19LiN2O4. The van der Waals surface area contributed by atoms with Crippen molar-refractivity contribution >= 4 is 30.9 Å². The van der Waals surface area contributed by atoms with E-state index in [0.717, 1.165) is 0 Å². The van der Waals surface area contributed by atoms with E-state index in [9.17, 15) is 9.59 Å². The SMILES string of the molecule is CC(C)C[C@H](NC(=O)OCc1ccccn1)C(=O)O.[LiH]. The number of carbonyl (C=O) groups excluding carboxylic acids is 1. The van der Waals surface area contributed by atoms with Gasteiger partial charge in [-0.1, -0.05) is 19.9 Å². The number of aromatic nitrogens is 1. The number of carbonyl (C=O) groups is 2. The average Bonchev–Trinajstić information content (AvgIpc) is 2.36. The number of hydrogen-bond donors (Lipinski definition) is 2. The van der Waals surface area contributed by atoms with Crippen LogP contribution in [0.3, 0.4) is 0 Å². The maximum atomic E-state index is 11.5. The topological polar surface area (TPSA) is 88.5 Å². The number of carboxylic acids is 1. The summed E-state index contributed by atoms with van der Waals surface area (Å²) in [6, 6.07) is 4.32. The Hall–Kier alpha value is -1.51. The van der Waals surface area contributed by atoms with Crippen molar-refractivity contribution in [1.82, 2.24) is 10.3 Å². The van der Waals surface area contributed by atoms with Crippen molar-refractivity contribution in [3.05, 3.63) is 30.1 Å². The third kappa shape index (κ3) is 7.17.